The van der Waals surface area contributed by atoms with E-state index in [1.165, 1.54) is 12.8 Å². The van der Waals surface area contributed by atoms with Crippen LogP contribution in [0.4, 0.5) is 0 Å². The fourth-order valence-electron chi connectivity index (χ4n) is 4.05. The smallest absolute Gasteiger partial charge is 0.274 e. The molecule has 3 aliphatic rings. The molecular weight excluding hydrogens is 318 g/mol. The van der Waals surface area contributed by atoms with Crippen molar-refractivity contribution in [3.8, 4) is 0 Å². The molecule has 1 saturated carbocycles. The van der Waals surface area contributed by atoms with Gasteiger partial charge in [0.15, 0.2) is 0 Å². The second kappa shape index (κ2) is 7.00. The zero-order chi connectivity index (χ0) is 17.3. The van der Waals surface area contributed by atoms with Gasteiger partial charge in [0.1, 0.15) is 5.69 Å². The Bertz CT molecular complexity index is 617. The second-order valence-corrected chi connectivity index (χ2v) is 7.84. The van der Waals surface area contributed by atoms with Crippen molar-refractivity contribution in [2.45, 2.75) is 45.1 Å². The van der Waals surface area contributed by atoms with Crippen LogP contribution in [0.1, 0.15) is 48.3 Å². The first-order valence-corrected chi connectivity index (χ1v) is 9.44. The molecule has 0 spiro atoms. The predicted molar refractivity (Wildman–Crippen MR) is 92.2 cm³/mol. The van der Waals surface area contributed by atoms with E-state index in [0.29, 0.717) is 25.4 Å². The molecule has 0 aromatic carbocycles. The monoisotopic (exact) mass is 345 g/mol. The highest BCUT2D eigenvalue weighted by molar-refractivity contribution is 5.92. The average molecular weight is 345 g/mol. The van der Waals surface area contributed by atoms with Crippen molar-refractivity contribution in [1.29, 1.82) is 0 Å². The maximum absolute atomic E-state index is 12.9. The van der Waals surface area contributed by atoms with Crippen molar-refractivity contribution >= 4 is 5.91 Å². The van der Waals surface area contributed by atoms with Gasteiger partial charge in [-0.05, 0) is 44.9 Å². The van der Waals surface area contributed by atoms with Crippen molar-refractivity contribution < 1.29 is 14.3 Å². The van der Waals surface area contributed by atoms with E-state index in [2.05, 4.69) is 9.97 Å². The SMILES string of the molecule is Cc1cnc(C(=O)N2CCC3OCCCC3(COCC3CC3)C2)cn1. The predicted octanol–water partition coefficient (Wildman–Crippen LogP) is 2.22. The van der Waals surface area contributed by atoms with Gasteiger partial charge in [-0.25, -0.2) is 4.98 Å². The summed E-state index contributed by atoms with van der Waals surface area (Å²) >= 11 is 0. The number of aromatic nitrogens is 2. The third-order valence-corrected chi connectivity index (χ3v) is 5.72. The van der Waals surface area contributed by atoms with E-state index in [4.69, 9.17) is 9.47 Å². The maximum atomic E-state index is 12.9. The molecule has 0 radical (unpaired) electrons. The van der Waals surface area contributed by atoms with Crippen LogP contribution in [0.25, 0.3) is 0 Å². The molecule has 136 valence electrons. The van der Waals surface area contributed by atoms with Gasteiger partial charge < -0.3 is 14.4 Å². The number of fused-ring (bicyclic) bond motifs is 1. The number of aryl methyl sites for hydroxylation is 1. The Balaban J connectivity index is 1.46. The Hall–Kier alpha value is -1.53. The molecule has 2 aliphatic heterocycles. The van der Waals surface area contributed by atoms with Gasteiger partial charge in [-0.3, -0.25) is 9.78 Å². The zero-order valence-electron chi connectivity index (χ0n) is 14.9. The van der Waals surface area contributed by atoms with Gasteiger partial charge in [0.25, 0.3) is 5.91 Å². The molecule has 3 fully saturated rings. The van der Waals surface area contributed by atoms with Crippen LogP contribution in [-0.2, 0) is 9.47 Å². The molecule has 1 aromatic heterocycles. The Morgan fingerprint density at radius 1 is 1.36 bits per heavy atom. The molecule has 6 heteroatoms. The summed E-state index contributed by atoms with van der Waals surface area (Å²) in [5.41, 5.74) is 1.18. The molecule has 4 rings (SSSR count). The van der Waals surface area contributed by atoms with Crippen LogP contribution in [0.3, 0.4) is 0 Å². The highest BCUT2D eigenvalue weighted by atomic mass is 16.5. The molecule has 6 nitrogen and oxygen atoms in total. The number of amides is 1. The lowest BCUT2D eigenvalue weighted by Crippen LogP contribution is -2.58. The lowest BCUT2D eigenvalue weighted by molar-refractivity contribution is -0.147. The lowest BCUT2D eigenvalue weighted by Gasteiger charge is -2.50. The van der Waals surface area contributed by atoms with E-state index in [-0.39, 0.29) is 17.4 Å². The highest BCUT2D eigenvalue weighted by Gasteiger charge is 2.47. The van der Waals surface area contributed by atoms with E-state index >= 15 is 0 Å². The lowest BCUT2D eigenvalue weighted by atomic mass is 9.73. The molecular formula is C19H27N3O3. The van der Waals surface area contributed by atoms with E-state index < -0.39 is 0 Å². The summed E-state index contributed by atoms with van der Waals surface area (Å²) in [4.78, 5) is 23.3. The average Bonchev–Trinajstić information content (AvgIpc) is 3.45. The molecule has 3 heterocycles. The number of piperidine rings is 1. The summed E-state index contributed by atoms with van der Waals surface area (Å²) in [6.45, 7) is 5.65. The van der Waals surface area contributed by atoms with Crippen LogP contribution in [0, 0.1) is 18.3 Å². The van der Waals surface area contributed by atoms with Crippen molar-refractivity contribution in [2.75, 3.05) is 32.9 Å². The number of rotatable bonds is 5. The number of likely N-dealkylation sites (tertiary alicyclic amines) is 1. The van der Waals surface area contributed by atoms with Crippen molar-refractivity contribution in [3.05, 3.63) is 23.8 Å². The fourth-order valence-corrected chi connectivity index (χ4v) is 4.05. The van der Waals surface area contributed by atoms with Crippen LogP contribution < -0.4 is 0 Å². The van der Waals surface area contributed by atoms with Gasteiger partial charge in [0.05, 0.1) is 24.6 Å². The number of hydrogen-bond donors (Lipinski definition) is 0. The fraction of sp³-hybridized carbons (Fsp3) is 0.737. The molecule has 0 N–H and O–H groups in total. The number of carbonyl (C=O) groups is 1. The van der Waals surface area contributed by atoms with E-state index in [1.807, 2.05) is 11.8 Å². The summed E-state index contributed by atoms with van der Waals surface area (Å²) in [5, 5.41) is 0. The van der Waals surface area contributed by atoms with E-state index in [0.717, 1.165) is 44.1 Å². The molecule has 2 unspecified atom stereocenters. The Morgan fingerprint density at radius 3 is 3.00 bits per heavy atom. The summed E-state index contributed by atoms with van der Waals surface area (Å²) in [6.07, 6.45) is 9.00. The van der Waals surface area contributed by atoms with E-state index in [1.54, 1.807) is 12.4 Å². The summed E-state index contributed by atoms with van der Waals surface area (Å²) in [5.74, 6) is 0.724. The first kappa shape index (κ1) is 16.9. The van der Waals surface area contributed by atoms with E-state index in [9.17, 15) is 4.79 Å². The van der Waals surface area contributed by atoms with Crippen LogP contribution in [0.5, 0.6) is 0 Å². The van der Waals surface area contributed by atoms with Crippen molar-refractivity contribution in [2.24, 2.45) is 11.3 Å². The van der Waals surface area contributed by atoms with Gasteiger partial charge in [-0.1, -0.05) is 0 Å². The third kappa shape index (κ3) is 3.70. The first-order chi connectivity index (χ1) is 12.2. The molecule has 2 atom stereocenters. The van der Waals surface area contributed by atoms with Gasteiger partial charge in [-0.2, -0.15) is 0 Å². The zero-order valence-corrected chi connectivity index (χ0v) is 14.9. The number of ether oxygens (including phenoxy) is 2. The van der Waals surface area contributed by atoms with Crippen LogP contribution >= 0.6 is 0 Å². The molecule has 0 bridgehead atoms. The third-order valence-electron chi connectivity index (χ3n) is 5.72. The quantitative estimate of drug-likeness (QED) is 0.819. The largest absolute Gasteiger partial charge is 0.380 e. The normalized spacial score (nSPS) is 29.3. The second-order valence-electron chi connectivity index (χ2n) is 7.84. The molecule has 1 aliphatic carbocycles. The Kier molecular flexibility index (Phi) is 4.73. The molecule has 1 aromatic rings. The van der Waals surface area contributed by atoms with Crippen LogP contribution in [0.2, 0.25) is 0 Å². The minimum atomic E-state index is -0.0703. The van der Waals surface area contributed by atoms with Crippen LogP contribution in [0.15, 0.2) is 12.4 Å². The first-order valence-electron chi connectivity index (χ1n) is 9.44. The summed E-state index contributed by atoms with van der Waals surface area (Å²) in [7, 11) is 0. The summed E-state index contributed by atoms with van der Waals surface area (Å²) < 4.78 is 12.1. The minimum absolute atomic E-state index is 0.0295. The summed E-state index contributed by atoms with van der Waals surface area (Å²) in [6, 6.07) is 0. The van der Waals surface area contributed by atoms with Gasteiger partial charge in [-0.15, -0.1) is 0 Å². The highest BCUT2D eigenvalue weighted by Crippen LogP contribution is 2.41. The minimum Gasteiger partial charge on any atom is -0.380 e. The molecule has 25 heavy (non-hydrogen) atoms. The van der Waals surface area contributed by atoms with Gasteiger partial charge >= 0.3 is 0 Å². The Labute approximate surface area is 148 Å². The van der Waals surface area contributed by atoms with Crippen LogP contribution in [-0.4, -0.2) is 59.8 Å². The maximum Gasteiger partial charge on any atom is 0.274 e. The number of nitrogens with zero attached hydrogens (tertiary/aromatic N) is 3. The topological polar surface area (TPSA) is 64.6 Å². The van der Waals surface area contributed by atoms with Crippen molar-refractivity contribution in [1.82, 2.24) is 14.9 Å². The van der Waals surface area contributed by atoms with Gasteiger partial charge in [0.2, 0.25) is 0 Å². The number of carbonyl (C=O) groups excluding carboxylic acids is 1. The molecule has 1 amide bonds. The van der Waals surface area contributed by atoms with Crippen molar-refractivity contribution in [3.63, 3.8) is 0 Å². The Morgan fingerprint density at radius 2 is 2.24 bits per heavy atom. The molecule has 2 saturated heterocycles. The van der Waals surface area contributed by atoms with Gasteiger partial charge in [0, 0.05) is 37.9 Å². The number of hydrogen-bond acceptors (Lipinski definition) is 5. The standard InChI is InChI=1S/C19H27N3O3/c1-14-9-21-16(10-20-14)18(23)22-7-5-17-19(12-22,6-2-8-25-17)13-24-11-15-3-4-15/h9-10,15,17H,2-8,11-13H2,1H3.